The second kappa shape index (κ2) is 11.7. The first-order valence-electron chi connectivity index (χ1n) is 10.4. The summed E-state index contributed by atoms with van der Waals surface area (Å²) in [5.41, 5.74) is 2.79. The van der Waals surface area contributed by atoms with Gasteiger partial charge in [-0.3, -0.25) is 23.7 Å². The molecule has 3 aromatic heterocycles. The standard InChI is InChI=1S/C14H13N4.C12H8F2NO.Ir/c1-17-8-6-15-13(17)11-4-3-5-12(10-11)14-16-7-9-18(14)2;13-8-4-5-10(11(14)6-8)12-3-1-2-9(7-16)15-12;/h3-9H,1-2H3;1-4,6,16H,7H2;/q2*-1;. The molecule has 1 radical (unpaired) electrons. The molecule has 2 aromatic carbocycles. The molecule has 0 amide bonds. The molecule has 35 heavy (non-hydrogen) atoms. The average Bonchev–Trinajstić information content (AvgIpc) is 3.47. The summed E-state index contributed by atoms with van der Waals surface area (Å²) in [5, 5.41) is 8.90. The topological polar surface area (TPSA) is 68.8 Å². The molecule has 0 aliphatic rings. The predicted molar refractivity (Wildman–Crippen MR) is 124 cm³/mol. The molecule has 181 valence electrons. The third-order valence-electron chi connectivity index (χ3n) is 5.00. The Morgan fingerprint density at radius 3 is 2.03 bits per heavy atom. The van der Waals surface area contributed by atoms with E-state index in [0.717, 1.165) is 34.9 Å². The average molecular weight is 650 g/mol. The summed E-state index contributed by atoms with van der Waals surface area (Å²) in [7, 11) is 3.95. The number of imidazole rings is 2. The molecule has 0 saturated heterocycles. The Labute approximate surface area is 215 Å². The quantitative estimate of drug-likeness (QED) is 0.289. The van der Waals surface area contributed by atoms with Crippen LogP contribution in [0.4, 0.5) is 8.78 Å². The second-order valence-corrected chi connectivity index (χ2v) is 7.41. The van der Waals surface area contributed by atoms with Crippen LogP contribution in [0.5, 0.6) is 0 Å². The van der Waals surface area contributed by atoms with E-state index in [0.29, 0.717) is 11.4 Å². The number of aliphatic hydroxyl groups excluding tert-OH is 1. The molecule has 0 aliphatic carbocycles. The van der Waals surface area contributed by atoms with Gasteiger partial charge in [-0.1, -0.05) is 34.9 Å². The summed E-state index contributed by atoms with van der Waals surface area (Å²) >= 11 is 0. The molecule has 1 N–H and O–H groups in total. The summed E-state index contributed by atoms with van der Waals surface area (Å²) in [6.07, 6.45) is 7.43. The van der Waals surface area contributed by atoms with Gasteiger partial charge in [-0.25, -0.2) is 0 Å². The molecule has 0 aliphatic heterocycles. The van der Waals surface area contributed by atoms with E-state index >= 15 is 0 Å². The Balaban J connectivity index is 0.000000192. The largest absolute Gasteiger partial charge is 0.390 e. The number of hydrogen-bond donors (Lipinski definition) is 1. The first-order chi connectivity index (χ1) is 16.5. The van der Waals surface area contributed by atoms with Gasteiger partial charge in [-0.2, -0.15) is 0 Å². The number of hydrogen-bond acceptors (Lipinski definition) is 4. The number of halogens is 2. The Bertz CT molecular complexity index is 1360. The number of aliphatic hydroxyl groups is 1. The Kier molecular flexibility index (Phi) is 8.76. The van der Waals surface area contributed by atoms with Crippen molar-refractivity contribution in [3.8, 4) is 34.0 Å². The van der Waals surface area contributed by atoms with Gasteiger partial charge in [-0.15, -0.1) is 36.4 Å². The number of rotatable bonds is 4. The van der Waals surface area contributed by atoms with Crippen LogP contribution < -0.4 is 0 Å². The van der Waals surface area contributed by atoms with E-state index in [1.807, 2.05) is 53.8 Å². The van der Waals surface area contributed by atoms with Crippen LogP contribution in [0.3, 0.4) is 0 Å². The van der Waals surface area contributed by atoms with Crippen molar-refractivity contribution >= 4 is 0 Å². The Morgan fingerprint density at radius 2 is 1.51 bits per heavy atom. The number of pyridine rings is 1. The van der Waals surface area contributed by atoms with Gasteiger partial charge >= 0.3 is 0 Å². The summed E-state index contributed by atoms with van der Waals surface area (Å²) in [6, 6.07) is 18.5. The summed E-state index contributed by atoms with van der Waals surface area (Å²) in [5.74, 6) is 0.416. The van der Waals surface area contributed by atoms with Gasteiger partial charge in [0.05, 0.1) is 23.9 Å². The molecule has 0 saturated carbocycles. The van der Waals surface area contributed by atoms with E-state index in [1.165, 1.54) is 0 Å². The van der Waals surface area contributed by atoms with Crippen LogP contribution in [0.1, 0.15) is 5.69 Å². The zero-order chi connectivity index (χ0) is 24.1. The van der Waals surface area contributed by atoms with Crippen LogP contribution in [-0.4, -0.2) is 29.2 Å². The maximum atomic E-state index is 13.4. The van der Waals surface area contributed by atoms with Crippen molar-refractivity contribution in [2.75, 3.05) is 0 Å². The van der Waals surface area contributed by atoms with Crippen LogP contribution in [0.15, 0.2) is 73.3 Å². The van der Waals surface area contributed by atoms with Crippen molar-refractivity contribution in [1.82, 2.24) is 24.1 Å². The minimum atomic E-state index is -0.720. The van der Waals surface area contributed by atoms with Crippen molar-refractivity contribution < 1.29 is 34.0 Å². The molecular weight excluding hydrogens is 629 g/mol. The molecule has 0 atom stereocenters. The van der Waals surface area contributed by atoms with Crippen LogP contribution in [0.25, 0.3) is 34.0 Å². The van der Waals surface area contributed by atoms with Gasteiger partial charge in [0.1, 0.15) is 0 Å². The smallest absolute Gasteiger partial charge is 0.0843 e. The van der Waals surface area contributed by atoms with E-state index in [9.17, 15) is 8.78 Å². The number of aromatic nitrogens is 5. The van der Waals surface area contributed by atoms with Crippen molar-refractivity contribution in [2.24, 2.45) is 14.1 Å². The third kappa shape index (κ3) is 6.13. The predicted octanol–water partition coefficient (Wildman–Crippen LogP) is 4.60. The maximum Gasteiger partial charge on any atom is 0.0843 e. The molecule has 0 spiro atoms. The third-order valence-corrected chi connectivity index (χ3v) is 5.00. The minimum absolute atomic E-state index is 0. The van der Waals surface area contributed by atoms with Crippen molar-refractivity contribution in [1.29, 1.82) is 0 Å². The van der Waals surface area contributed by atoms with Crippen molar-refractivity contribution in [3.63, 3.8) is 0 Å². The fraction of sp³-hybridized carbons (Fsp3) is 0.115. The van der Waals surface area contributed by atoms with Crippen LogP contribution >= 0.6 is 0 Å². The molecule has 9 heteroatoms. The molecule has 0 unspecified atom stereocenters. The van der Waals surface area contributed by atoms with Crippen LogP contribution in [0.2, 0.25) is 0 Å². The fourth-order valence-corrected chi connectivity index (χ4v) is 3.33. The molecule has 5 rings (SSSR count). The number of aryl methyl sites for hydroxylation is 2. The molecule has 6 nitrogen and oxygen atoms in total. The summed E-state index contributed by atoms with van der Waals surface area (Å²) in [6.45, 7) is -0.226. The Hall–Kier alpha value is -3.52. The van der Waals surface area contributed by atoms with E-state index in [-0.39, 0.29) is 32.3 Å². The first-order valence-corrected chi connectivity index (χ1v) is 10.4. The van der Waals surface area contributed by atoms with Crippen LogP contribution in [-0.2, 0) is 40.8 Å². The fourth-order valence-electron chi connectivity index (χ4n) is 3.33. The first kappa shape index (κ1) is 26.1. The van der Waals surface area contributed by atoms with Crippen molar-refractivity contribution in [3.05, 3.63) is 103 Å². The van der Waals surface area contributed by atoms with E-state index in [2.05, 4.69) is 27.1 Å². The zero-order valence-corrected chi connectivity index (χ0v) is 21.3. The zero-order valence-electron chi connectivity index (χ0n) is 18.9. The van der Waals surface area contributed by atoms with Gasteiger partial charge in [0.15, 0.2) is 0 Å². The molecule has 3 heterocycles. The second-order valence-electron chi connectivity index (χ2n) is 7.41. The van der Waals surface area contributed by atoms with Gasteiger partial charge in [0.25, 0.3) is 0 Å². The van der Waals surface area contributed by atoms with E-state index in [4.69, 9.17) is 5.11 Å². The normalized spacial score (nSPS) is 10.3. The van der Waals surface area contributed by atoms with Crippen LogP contribution in [0, 0.1) is 23.8 Å². The van der Waals surface area contributed by atoms with Gasteiger partial charge in [-0.05, 0) is 11.8 Å². The van der Waals surface area contributed by atoms with E-state index in [1.54, 1.807) is 30.6 Å². The Morgan fingerprint density at radius 1 is 0.914 bits per heavy atom. The molecule has 0 fully saturated rings. The van der Waals surface area contributed by atoms with Gasteiger partial charge in [0.2, 0.25) is 0 Å². The number of nitrogens with zero attached hydrogens (tertiary/aromatic N) is 5. The SMILES string of the molecule is Cn1ccnc1-c1[c-]c(-c2nccn2C)ccc1.OCc1cccc(-c2[c-]cc(F)cc2F)n1.[Ir]. The van der Waals surface area contributed by atoms with Crippen molar-refractivity contribution in [2.45, 2.75) is 6.61 Å². The number of benzene rings is 2. The summed E-state index contributed by atoms with van der Waals surface area (Å²) < 4.78 is 30.0. The molecule has 5 aromatic rings. The van der Waals surface area contributed by atoms with Gasteiger partial charge < -0.3 is 14.2 Å². The minimum Gasteiger partial charge on any atom is -0.390 e. The monoisotopic (exact) mass is 650 g/mol. The molecule has 0 bridgehead atoms. The van der Waals surface area contributed by atoms with E-state index < -0.39 is 11.6 Å². The maximum absolute atomic E-state index is 13.4. The summed E-state index contributed by atoms with van der Waals surface area (Å²) in [4.78, 5) is 12.7. The molecular formula is C26H21F2IrN5O-2. The van der Waals surface area contributed by atoms with Gasteiger partial charge in [0, 0.05) is 70.6 Å².